The summed E-state index contributed by atoms with van der Waals surface area (Å²) in [5.41, 5.74) is 0.304. The van der Waals surface area contributed by atoms with Crippen molar-refractivity contribution in [1.82, 2.24) is 9.62 Å². The summed E-state index contributed by atoms with van der Waals surface area (Å²) in [4.78, 5) is 28.8. The van der Waals surface area contributed by atoms with Crippen molar-refractivity contribution >= 4 is 31.6 Å². The van der Waals surface area contributed by atoms with Crippen LogP contribution in [0, 0.1) is 17.0 Å². The Kier molecular flexibility index (Phi) is 6.21. The summed E-state index contributed by atoms with van der Waals surface area (Å²) in [6, 6.07) is 8.78. The van der Waals surface area contributed by atoms with Crippen LogP contribution in [0.2, 0.25) is 0 Å². The van der Waals surface area contributed by atoms with E-state index in [9.17, 15) is 31.7 Å². The van der Waals surface area contributed by atoms with Gasteiger partial charge in [-0.05, 0) is 42.3 Å². The lowest BCUT2D eigenvalue weighted by atomic mass is 9.96. The maximum Gasteiger partial charge on any atom is 0.294 e. The van der Waals surface area contributed by atoms with Crippen molar-refractivity contribution in [2.45, 2.75) is 41.8 Å². The van der Waals surface area contributed by atoms with Crippen LogP contribution in [0.15, 0.2) is 46.2 Å². The topological polar surface area (TPSA) is 191 Å². The number of nitrogens with zero attached hydrogens (tertiary/aromatic N) is 2. The van der Waals surface area contributed by atoms with E-state index in [4.69, 9.17) is 5.14 Å². The Labute approximate surface area is 201 Å². The summed E-state index contributed by atoms with van der Waals surface area (Å²) in [7, 11) is -8.17. The number of likely N-dealkylation sites (tertiary alicyclic amines) is 1. The fraction of sp³-hybridized carbons (Fsp3) is 0.350. The van der Waals surface area contributed by atoms with E-state index >= 15 is 0 Å². The third kappa shape index (κ3) is 5.07. The molecule has 0 aromatic heterocycles. The molecule has 1 fully saturated rings. The standard InChI is InChI=1S/C20H23N5O8S2/c1-13-9-16-18(11-17(13)34(21,29)30)35(31,32)23-20(22-16)5-7-24(8-6-20)19(26)15-4-2-3-14(10-15)12-33-25(27)28/h2-4,9-11,22-23H,5-8,12H2,1H3,(H2,21,29,30). The summed E-state index contributed by atoms with van der Waals surface area (Å²) in [5, 5.41) is 17.9. The lowest BCUT2D eigenvalue weighted by Gasteiger charge is -2.45. The molecule has 0 unspecified atom stereocenters. The monoisotopic (exact) mass is 525 g/mol. The molecule has 2 aromatic carbocycles. The van der Waals surface area contributed by atoms with Crippen LogP contribution in [-0.4, -0.2) is 51.5 Å². The van der Waals surface area contributed by atoms with Crippen molar-refractivity contribution in [3.63, 3.8) is 0 Å². The van der Waals surface area contributed by atoms with Gasteiger partial charge in [0.1, 0.15) is 17.2 Å². The van der Waals surface area contributed by atoms with Gasteiger partial charge in [-0.25, -0.2) is 22.0 Å². The number of benzene rings is 2. The molecule has 0 saturated carbocycles. The Morgan fingerprint density at radius 3 is 2.57 bits per heavy atom. The maximum absolute atomic E-state index is 13.0. The van der Waals surface area contributed by atoms with Crippen molar-refractivity contribution in [2.24, 2.45) is 5.14 Å². The molecule has 2 aliphatic heterocycles. The highest BCUT2D eigenvalue weighted by Gasteiger charge is 2.44. The second-order valence-electron chi connectivity index (χ2n) is 8.46. The molecule has 2 aromatic rings. The summed E-state index contributed by atoms with van der Waals surface area (Å²) in [6.45, 7) is 1.70. The SMILES string of the molecule is Cc1cc2c(cc1S(N)(=O)=O)S(=O)(=O)NC1(CCN(C(=O)c3cccc(CO[N+](=O)[O-])c3)CC1)N2. The van der Waals surface area contributed by atoms with Crippen molar-refractivity contribution in [3.8, 4) is 0 Å². The number of rotatable bonds is 5. The molecular formula is C20H23N5O8S2. The van der Waals surface area contributed by atoms with Gasteiger partial charge in [0.05, 0.1) is 10.6 Å². The van der Waals surface area contributed by atoms with E-state index in [1.165, 1.54) is 19.1 Å². The number of anilines is 1. The van der Waals surface area contributed by atoms with E-state index in [1.807, 2.05) is 0 Å². The molecule has 35 heavy (non-hydrogen) atoms. The number of nitrogens with one attached hydrogen (secondary N) is 2. The molecule has 1 saturated heterocycles. The van der Waals surface area contributed by atoms with Crippen LogP contribution in [0.5, 0.6) is 0 Å². The molecule has 1 spiro atoms. The number of aryl methyl sites for hydroxylation is 1. The molecule has 0 aliphatic carbocycles. The molecule has 15 heteroatoms. The number of sulfonamides is 2. The number of nitrogens with two attached hydrogens (primary N) is 1. The first-order valence-electron chi connectivity index (χ1n) is 10.4. The summed E-state index contributed by atoms with van der Waals surface area (Å²) in [6.07, 6.45) is 0.495. The molecule has 0 atom stereocenters. The number of carbonyl (C=O) groups is 1. The minimum Gasteiger partial charge on any atom is -0.365 e. The Morgan fingerprint density at radius 1 is 1.26 bits per heavy atom. The molecule has 2 heterocycles. The van der Waals surface area contributed by atoms with Gasteiger partial charge in [-0.1, -0.05) is 12.1 Å². The largest absolute Gasteiger partial charge is 0.365 e. The Bertz CT molecular complexity index is 1420. The fourth-order valence-corrected chi connectivity index (χ4v) is 6.73. The van der Waals surface area contributed by atoms with Crippen molar-refractivity contribution in [1.29, 1.82) is 0 Å². The maximum atomic E-state index is 13.0. The molecule has 1 amide bonds. The van der Waals surface area contributed by atoms with Gasteiger partial charge in [0.2, 0.25) is 20.0 Å². The van der Waals surface area contributed by atoms with Crippen LogP contribution in [0.4, 0.5) is 5.69 Å². The number of primary sulfonamides is 1. The van der Waals surface area contributed by atoms with Gasteiger partial charge in [-0.3, -0.25) is 4.79 Å². The predicted octanol–water partition coefficient (Wildman–Crippen LogP) is 0.687. The highest BCUT2D eigenvalue weighted by atomic mass is 32.2. The van der Waals surface area contributed by atoms with E-state index in [0.29, 0.717) is 16.7 Å². The van der Waals surface area contributed by atoms with Crippen LogP contribution in [0.25, 0.3) is 0 Å². The first-order valence-corrected chi connectivity index (χ1v) is 13.5. The molecular weight excluding hydrogens is 502 g/mol. The molecule has 13 nitrogen and oxygen atoms in total. The van der Waals surface area contributed by atoms with Crippen LogP contribution in [-0.2, 0) is 31.5 Å². The van der Waals surface area contributed by atoms with E-state index in [1.54, 1.807) is 23.1 Å². The van der Waals surface area contributed by atoms with Crippen molar-refractivity contribution in [2.75, 3.05) is 18.4 Å². The van der Waals surface area contributed by atoms with E-state index in [-0.39, 0.29) is 53.9 Å². The summed E-state index contributed by atoms with van der Waals surface area (Å²) in [5.74, 6) is -0.296. The molecule has 0 radical (unpaired) electrons. The zero-order valence-corrected chi connectivity index (χ0v) is 20.2. The Morgan fingerprint density at radius 2 is 1.94 bits per heavy atom. The highest BCUT2D eigenvalue weighted by molar-refractivity contribution is 7.90. The average Bonchev–Trinajstić information content (AvgIpc) is 2.76. The lowest BCUT2D eigenvalue weighted by molar-refractivity contribution is -0.763. The third-order valence-corrected chi connectivity index (χ3v) is 8.62. The van der Waals surface area contributed by atoms with Gasteiger partial charge in [0.15, 0.2) is 0 Å². The van der Waals surface area contributed by atoms with Crippen molar-refractivity contribution < 1.29 is 31.6 Å². The van der Waals surface area contributed by atoms with Gasteiger partial charge in [-0.15, -0.1) is 10.1 Å². The number of hydrogen-bond donors (Lipinski definition) is 3. The number of hydrogen-bond acceptors (Lipinski definition) is 9. The average molecular weight is 526 g/mol. The smallest absolute Gasteiger partial charge is 0.294 e. The zero-order valence-electron chi connectivity index (χ0n) is 18.6. The van der Waals surface area contributed by atoms with Crippen LogP contribution >= 0.6 is 0 Å². The Balaban J connectivity index is 1.52. The third-order valence-electron chi connectivity index (χ3n) is 5.99. The molecule has 4 N–H and O–H groups in total. The van der Waals surface area contributed by atoms with Gasteiger partial charge >= 0.3 is 0 Å². The van der Waals surface area contributed by atoms with Crippen LogP contribution < -0.4 is 15.2 Å². The van der Waals surface area contributed by atoms with Gasteiger partial charge in [0.25, 0.3) is 11.0 Å². The number of piperidine rings is 1. The first-order chi connectivity index (χ1) is 16.3. The molecule has 2 aliphatic rings. The number of carbonyl (C=O) groups excluding carboxylic acids is 1. The minimum absolute atomic E-state index is 0.218. The molecule has 4 rings (SSSR count). The normalized spacial score (nSPS) is 18.4. The Hall–Kier alpha value is -3.27. The number of fused-ring (bicyclic) bond motifs is 1. The van der Waals surface area contributed by atoms with E-state index in [2.05, 4.69) is 14.9 Å². The minimum atomic E-state index is -4.11. The van der Waals surface area contributed by atoms with Gasteiger partial charge < -0.3 is 15.1 Å². The van der Waals surface area contributed by atoms with E-state index < -0.39 is 30.8 Å². The van der Waals surface area contributed by atoms with Crippen LogP contribution in [0.1, 0.15) is 34.3 Å². The fourth-order valence-electron chi connectivity index (χ4n) is 4.31. The molecule has 188 valence electrons. The first kappa shape index (κ1) is 24.8. The predicted molar refractivity (Wildman–Crippen MR) is 123 cm³/mol. The van der Waals surface area contributed by atoms with Gasteiger partial charge in [0, 0.05) is 31.5 Å². The lowest BCUT2D eigenvalue weighted by Crippen LogP contribution is -2.62. The van der Waals surface area contributed by atoms with Crippen LogP contribution in [0.3, 0.4) is 0 Å². The second-order valence-corrected chi connectivity index (χ2v) is 11.6. The quantitative estimate of drug-likeness (QED) is 0.372. The van der Waals surface area contributed by atoms with Crippen molar-refractivity contribution in [3.05, 3.63) is 63.2 Å². The van der Waals surface area contributed by atoms with E-state index in [0.717, 1.165) is 6.07 Å². The zero-order chi connectivity index (χ0) is 25.6. The highest BCUT2D eigenvalue weighted by Crippen LogP contribution is 2.37. The molecule has 0 bridgehead atoms. The van der Waals surface area contributed by atoms with Gasteiger partial charge in [-0.2, -0.15) is 4.72 Å². The second kappa shape index (κ2) is 8.75. The summed E-state index contributed by atoms with van der Waals surface area (Å²) >= 11 is 0. The summed E-state index contributed by atoms with van der Waals surface area (Å²) < 4.78 is 52.2. The number of amides is 1.